The molecule has 6 heteroatoms. The van der Waals surface area contributed by atoms with Crippen molar-refractivity contribution in [1.82, 2.24) is 4.90 Å². The van der Waals surface area contributed by atoms with Crippen LogP contribution in [0.15, 0.2) is 24.3 Å². The Hall–Kier alpha value is -1.85. The second kappa shape index (κ2) is 5.20. The van der Waals surface area contributed by atoms with E-state index in [1.165, 1.54) is 19.0 Å². The molecular weight excluding hydrogens is 250 g/mol. The molecule has 0 N–H and O–H groups in total. The summed E-state index contributed by atoms with van der Waals surface area (Å²) in [5, 5.41) is 0. The van der Waals surface area contributed by atoms with Gasteiger partial charge in [0.2, 0.25) is 5.91 Å². The number of carbonyl (C=O) groups excluding carboxylic acids is 1. The highest BCUT2D eigenvalue weighted by Gasteiger charge is 2.30. The summed E-state index contributed by atoms with van der Waals surface area (Å²) in [6, 6.07) is 2.15. The number of hydrogen-bond donors (Lipinski definition) is 0. The van der Waals surface area contributed by atoms with E-state index in [4.69, 9.17) is 0 Å². The molecule has 0 unspecified atom stereocenters. The van der Waals surface area contributed by atoms with Crippen molar-refractivity contribution in [2.24, 2.45) is 0 Å². The lowest BCUT2D eigenvalue weighted by Crippen LogP contribution is -2.18. The Labute approximate surface area is 102 Å². The van der Waals surface area contributed by atoms with E-state index in [0.717, 1.165) is 24.3 Å². The summed E-state index contributed by atoms with van der Waals surface area (Å²) in [6.07, 6.45) is -2.36. The molecule has 0 aliphatic heterocycles. The van der Waals surface area contributed by atoms with E-state index in [-0.39, 0.29) is 11.5 Å². The number of hydrogen-bond acceptors (Lipinski definition) is 1. The Balaban J connectivity index is 2.97. The average Bonchev–Trinajstić information content (AvgIpc) is 2.25. The highest BCUT2D eigenvalue weighted by molar-refractivity contribution is 5.91. The predicted octanol–water partition coefficient (Wildman–Crippen LogP) is 2.95. The third kappa shape index (κ3) is 3.58. The first-order valence-electron chi connectivity index (χ1n) is 4.98. The SMILES string of the molecule is CN(C)C(=O)C=Cc1ccc(C(F)(F)F)cc1F. The van der Waals surface area contributed by atoms with Crippen LogP contribution in [0.2, 0.25) is 0 Å². The van der Waals surface area contributed by atoms with Crippen LogP contribution in [0, 0.1) is 5.82 Å². The van der Waals surface area contributed by atoms with Gasteiger partial charge in [0.15, 0.2) is 0 Å². The Morgan fingerprint density at radius 1 is 1.28 bits per heavy atom. The fourth-order valence-electron chi connectivity index (χ4n) is 1.15. The molecule has 0 atom stereocenters. The number of benzene rings is 1. The van der Waals surface area contributed by atoms with Gasteiger partial charge in [-0.3, -0.25) is 4.79 Å². The van der Waals surface area contributed by atoms with Crippen molar-refractivity contribution in [3.05, 3.63) is 41.2 Å². The maximum Gasteiger partial charge on any atom is 0.416 e. The van der Waals surface area contributed by atoms with E-state index in [1.807, 2.05) is 0 Å². The van der Waals surface area contributed by atoms with E-state index in [0.29, 0.717) is 6.07 Å². The molecule has 18 heavy (non-hydrogen) atoms. The van der Waals surface area contributed by atoms with Gasteiger partial charge in [0.05, 0.1) is 5.56 Å². The molecule has 0 radical (unpaired) electrons. The van der Waals surface area contributed by atoms with Crippen molar-refractivity contribution in [1.29, 1.82) is 0 Å². The molecule has 0 bridgehead atoms. The highest BCUT2D eigenvalue weighted by Crippen LogP contribution is 2.30. The van der Waals surface area contributed by atoms with Gasteiger partial charge >= 0.3 is 6.18 Å². The summed E-state index contributed by atoms with van der Waals surface area (Å²) in [4.78, 5) is 12.5. The van der Waals surface area contributed by atoms with E-state index >= 15 is 0 Å². The largest absolute Gasteiger partial charge is 0.416 e. The number of nitrogens with zero attached hydrogens (tertiary/aromatic N) is 1. The van der Waals surface area contributed by atoms with Gasteiger partial charge in [0.25, 0.3) is 0 Å². The van der Waals surface area contributed by atoms with Gasteiger partial charge in [-0.25, -0.2) is 4.39 Å². The molecule has 1 aromatic rings. The van der Waals surface area contributed by atoms with Gasteiger partial charge < -0.3 is 4.90 Å². The van der Waals surface area contributed by atoms with Crippen LogP contribution in [0.4, 0.5) is 17.6 Å². The topological polar surface area (TPSA) is 20.3 Å². The molecule has 0 fully saturated rings. The van der Waals surface area contributed by atoms with E-state index in [1.54, 1.807) is 0 Å². The third-order valence-corrected chi connectivity index (χ3v) is 2.17. The van der Waals surface area contributed by atoms with Crippen LogP contribution in [0.1, 0.15) is 11.1 Å². The molecule has 0 aliphatic rings. The van der Waals surface area contributed by atoms with Crippen LogP contribution in [-0.4, -0.2) is 24.9 Å². The Kier molecular flexibility index (Phi) is 4.11. The Bertz CT molecular complexity index is 477. The smallest absolute Gasteiger partial charge is 0.345 e. The molecule has 1 amide bonds. The number of alkyl halides is 3. The standard InChI is InChI=1S/C12H11F4NO/c1-17(2)11(18)6-4-8-3-5-9(7-10(8)13)12(14,15)16/h3-7H,1-2H3. The zero-order valence-electron chi connectivity index (χ0n) is 9.75. The predicted molar refractivity (Wildman–Crippen MR) is 59.1 cm³/mol. The maximum atomic E-state index is 13.4. The lowest BCUT2D eigenvalue weighted by molar-refractivity contribution is -0.137. The van der Waals surface area contributed by atoms with Crippen LogP contribution in [-0.2, 0) is 11.0 Å². The van der Waals surface area contributed by atoms with E-state index < -0.39 is 17.6 Å². The zero-order chi connectivity index (χ0) is 13.9. The molecule has 1 rings (SSSR count). The fraction of sp³-hybridized carbons (Fsp3) is 0.250. The van der Waals surface area contributed by atoms with Crippen LogP contribution in [0.5, 0.6) is 0 Å². The van der Waals surface area contributed by atoms with Crippen molar-refractivity contribution in [3.8, 4) is 0 Å². The summed E-state index contributed by atoms with van der Waals surface area (Å²) in [5.41, 5.74) is -1.13. The maximum absolute atomic E-state index is 13.4. The number of amides is 1. The molecule has 1 aromatic carbocycles. The lowest BCUT2D eigenvalue weighted by atomic mass is 10.1. The zero-order valence-corrected chi connectivity index (χ0v) is 9.75. The first-order chi connectivity index (χ1) is 8.21. The molecule has 0 heterocycles. The Morgan fingerprint density at radius 3 is 2.33 bits per heavy atom. The first-order valence-corrected chi connectivity index (χ1v) is 4.98. The monoisotopic (exact) mass is 261 g/mol. The van der Waals surface area contributed by atoms with Crippen molar-refractivity contribution in [2.45, 2.75) is 6.18 Å². The van der Waals surface area contributed by atoms with Gasteiger partial charge in [-0.05, 0) is 18.2 Å². The van der Waals surface area contributed by atoms with Gasteiger partial charge in [-0.2, -0.15) is 13.2 Å². The summed E-state index contributed by atoms with van der Waals surface area (Å²) in [6.45, 7) is 0. The molecule has 2 nitrogen and oxygen atoms in total. The summed E-state index contributed by atoms with van der Waals surface area (Å²) >= 11 is 0. The second-order valence-electron chi connectivity index (χ2n) is 3.80. The molecule has 98 valence electrons. The van der Waals surface area contributed by atoms with Crippen LogP contribution < -0.4 is 0 Å². The minimum absolute atomic E-state index is 0.0711. The third-order valence-electron chi connectivity index (χ3n) is 2.17. The number of halogens is 4. The van der Waals surface area contributed by atoms with Gasteiger partial charge in [0, 0.05) is 25.7 Å². The minimum Gasteiger partial charge on any atom is -0.345 e. The normalized spacial score (nSPS) is 11.9. The van der Waals surface area contributed by atoms with Crippen LogP contribution in [0.3, 0.4) is 0 Å². The van der Waals surface area contributed by atoms with Gasteiger partial charge in [0.1, 0.15) is 5.82 Å². The molecular formula is C12H11F4NO. The molecule has 0 saturated carbocycles. The second-order valence-corrected chi connectivity index (χ2v) is 3.80. The first kappa shape index (κ1) is 14.2. The van der Waals surface area contributed by atoms with Crippen molar-refractivity contribution in [3.63, 3.8) is 0 Å². The average molecular weight is 261 g/mol. The number of carbonyl (C=O) groups is 1. The fourth-order valence-corrected chi connectivity index (χ4v) is 1.15. The highest BCUT2D eigenvalue weighted by atomic mass is 19.4. The lowest BCUT2D eigenvalue weighted by Gasteiger charge is -2.08. The van der Waals surface area contributed by atoms with Gasteiger partial charge in [-0.15, -0.1) is 0 Å². The van der Waals surface area contributed by atoms with Crippen molar-refractivity contribution >= 4 is 12.0 Å². The van der Waals surface area contributed by atoms with Gasteiger partial charge in [-0.1, -0.05) is 6.07 Å². The van der Waals surface area contributed by atoms with Crippen LogP contribution >= 0.6 is 0 Å². The minimum atomic E-state index is -4.58. The van der Waals surface area contributed by atoms with E-state index in [2.05, 4.69) is 0 Å². The number of likely N-dealkylation sites (N-methyl/N-ethyl adjacent to an activating group) is 1. The van der Waals surface area contributed by atoms with Crippen LogP contribution in [0.25, 0.3) is 6.08 Å². The van der Waals surface area contributed by atoms with Crippen molar-refractivity contribution in [2.75, 3.05) is 14.1 Å². The summed E-state index contributed by atoms with van der Waals surface area (Å²) < 4.78 is 50.2. The number of rotatable bonds is 2. The Morgan fingerprint density at radius 2 is 1.89 bits per heavy atom. The molecule has 0 aromatic heterocycles. The summed E-state index contributed by atoms with van der Waals surface area (Å²) in [7, 11) is 3.02. The van der Waals surface area contributed by atoms with Crippen molar-refractivity contribution < 1.29 is 22.4 Å². The molecule has 0 aliphatic carbocycles. The van der Waals surface area contributed by atoms with E-state index in [9.17, 15) is 22.4 Å². The quantitative estimate of drug-likeness (QED) is 0.592. The summed E-state index contributed by atoms with van der Waals surface area (Å²) in [5.74, 6) is -1.40. The molecule has 0 saturated heterocycles. The molecule has 0 spiro atoms.